The van der Waals surface area contributed by atoms with Gasteiger partial charge in [0.25, 0.3) is 0 Å². The van der Waals surface area contributed by atoms with Crippen molar-refractivity contribution in [3.63, 3.8) is 0 Å². The predicted molar refractivity (Wildman–Crippen MR) is 93.0 cm³/mol. The van der Waals surface area contributed by atoms with Gasteiger partial charge in [0.15, 0.2) is 0 Å². The number of amides is 3. The molecule has 0 spiro atoms. The molecular formula is C19H25N3O2. The van der Waals surface area contributed by atoms with Crippen LogP contribution in [0.2, 0.25) is 0 Å². The van der Waals surface area contributed by atoms with Gasteiger partial charge >= 0.3 is 6.03 Å². The average Bonchev–Trinajstić information content (AvgIpc) is 3.11. The summed E-state index contributed by atoms with van der Waals surface area (Å²) in [6.07, 6.45) is 6.59. The Morgan fingerprint density at radius 3 is 2.79 bits per heavy atom. The SMILES string of the molecule is O=C1Cc2ccccc2N1CCNC(=O)N1CCCC1C1CCC1. The number of nitrogens with zero attached hydrogens (tertiary/aromatic N) is 2. The van der Waals surface area contributed by atoms with E-state index in [2.05, 4.69) is 5.32 Å². The standard InChI is InChI=1S/C19H25N3O2/c23-18-13-15-5-1-2-8-17(15)21(18)12-10-20-19(24)22-11-4-9-16(22)14-6-3-7-14/h1-2,5,8,14,16H,3-4,6-7,9-13H2,(H,20,24). The molecule has 1 saturated heterocycles. The Hall–Kier alpha value is -2.04. The molecule has 0 bridgehead atoms. The minimum absolute atomic E-state index is 0.0457. The summed E-state index contributed by atoms with van der Waals surface area (Å²) in [5, 5.41) is 3.03. The summed E-state index contributed by atoms with van der Waals surface area (Å²) in [5.74, 6) is 0.837. The number of benzene rings is 1. The van der Waals surface area contributed by atoms with E-state index in [1.165, 1.54) is 19.3 Å². The number of fused-ring (bicyclic) bond motifs is 1. The fraction of sp³-hybridized carbons (Fsp3) is 0.579. The van der Waals surface area contributed by atoms with Gasteiger partial charge in [0.2, 0.25) is 5.91 Å². The molecule has 2 fully saturated rings. The highest BCUT2D eigenvalue weighted by Gasteiger charge is 2.37. The van der Waals surface area contributed by atoms with Crippen LogP contribution in [0.1, 0.15) is 37.7 Å². The number of hydrogen-bond acceptors (Lipinski definition) is 2. The van der Waals surface area contributed by atoms with Crippen molar-refractivity contribution in [2.75, 3.05) is 24.5 Å². The third-order valence-corrected chi connectivity index (χ3v) is 5.79. The van der Waals surface area contributed by atoms with E-state index in [0.717, 1.165) is 30.6 Å². The van der Waals surface area contributed by atoms with E-state index in [-0.39, 0.29) is 11.9 Å². The normalized spacial score (nSPS) is 23.3. The van der Waals surface area contributed by atoms with Crippen LogP contribution in [-0.2, 0) is 11.2 Å². The van der Waals surface area contributed by atoms with Crippen molar-refractivity contribution in [1.29, 1.82) is 0 Å². The van der Waals surface area contributed by atoms with E-state index in [1.807, 2.05) is 29.2 Å². The number of urea groups is 1. The molecule has 5 nitrogen and oxygen atoms in total. The number of carbonyl (C=O) groups is 2. The second kappa shape index (κ2) is 6.46. The fourth-order valence-electron chi connectivity index (χ4n) is 4.30. The lowest BCUT2D eigenvalue weighted by Gasteiger charge is -2.37. The lowest BCUT2D eigenvalue weighted by atomic mass is 9.79. The first kappa shape index (κ1) is 15.5. The van der Waals surface area contributed by atoms with Crippen molar-refractivity contribution in [2.45, 2.75) is 44.6 Å². The molecule has 1 aromatic rings. The number of likely N-dealkylation sites (tertiary alicyclic amines) is 1. The van der Waals surface area contributed by atoms with Gasteiger partial charge in [-0.1, -0.05) is 24.6 Å². The van der Waals surface area contributed by atoms with Gasteiger partial charge in [-0.05, 0) is 43.2 Å². The lowest BCUT2D eigenvalue weighted by molar-refractivity contribution is -0.117. The maximum atomic E-state index is 12.5. The molecule has 1 unspecified atom stereocenters. The van der Waals surface area contributed by atoms with Crippen molar-refractivity contribution < 1.29 is 9.59 Å². The molecule has 128 valence electrons. The number of rotatable bonds is 4. The van der Waals surface area contributed by atoms with Crippen LogP contribution in [0.5, 0.6) is 0 Å². The largest absolute Gasteiger partial charge is 0.336 e. The number of hydrogen-bond donors (Lipinski definition) is 1. The summed E-state index contributed by atoms with van der Waals surface area (Å²) >= 11 is 0. The van der Waals surface area contributed by atoms with Crippen LogP contribution in [0, 0.1) is 5.92 Å². The van der Waals surface area contributed by atoms with Gasteiger partial charge in [0.05, 0.1) is 6.42 Å². The maximum absolute atomic E-state index is 12.5. The molecule has 4 rings (SSSR count). The van der Waals surface area contributed by atoms with Crippen molar-refractivity contribution in [2.24, 2.45) is 5.92 Å². The van der Waals surface area contributed by atoms with Gasteiger partial charge in [-0.25, -0.2) is 4.79 Å². The monoisotopic (exact) mass is 327 g/mol. The Kier molecular flexibility index (Phi) is 4.17. The van der Waals surface area contributed by atoms with E-state index in [9.17, 15) is 9.59 Å². The van der Waals surface area contributed by atoms with Crippen LogP contribution < -0.4 is 10.2 Å². The molecule has 24 heavy (non-hydrogen) atoms. The fourth-order valence-corrected chi connectivity index (χ4v) is 4.30. The maximum Gasteiger partial charge on any atom is 0.317 e. The topological polar surface area (TPSA) is 52.7 Å². The van der Waals surface area contributed by atoms with Gasteiger partial charge in [-0.2, -0.15) is 0 Å². The zero-order valence-corrected chi connectivity index (χ0v) is 14.0. The van der Waals surface area contributed by atoms with Crippen LogP contribution in [0.15, 0.2) is 24.3 Å². The summed E-state index contributed by atoms with van der Waals surface area (Å²) in [7, 11) is 0. The summed E-state index contributed by atoms with van der Waals surface area (Å²) in [5.41, 5.74) is 2.07. The summed E-state index contributed by atoms with van der Waals surface area (Å²) < 4.78 is 0. The highest BCUT2D eigenvalue weighted by molar-refractivity contribution is 6.01. The Bertz CT molecular complexity index is 641. The van der Waals surface area contributed by atoms with Crippen molar-refractivity contribution in [3.05, 3.63) is 29.8 Å². The van der Waals surface area contributed by atoms with E-state index in [4.69, 9.17) is 0 Å². The van der Waals surface area contributed by atoms with Crippen LogP contribution in [0.4, 0.5) is 10.5 Å². The van der Waals surface area contributed by atoms with Crippen LogP contribution in [0.3, 0.4) is 0 Å². The smallest absolute Gasteiger partial charge is 0.317 e. The van der Waals surface area contributed by atoms with Crippen LogP contribution in [-0.4, -0.2) is 42.5 Å². The van der Waals surface area contributed by atoms with Gasteiger partial charge in [-0.15, -0.1) is 0 Å². The Morgan fingerprint density at radius 1 is 1.17 bits per heavy atom. The highest BCUT2D eigenvalue weighted by Crippen LogP contribution is 2.37. The van der Waals surface area contributed by atoms with Gasteiger partial charge < -0.3 is 15.1 Å². The molecule has 2 heterocycles. The highest BCUT2D eigenvalue weighted by atomic mass is 16.2. The first-order valence-corrected chi connectivity index (χ1v) is 9.17. The third-order valence-electron chi connectivity index (χ3n) is 5.79. The molecule has 1 saturated carbocycles. The number of para-hydroxylation sites is 1. The minimum Gasteiger partial charge on any atom is -0.336 e. The number of anilines is 1. The molecule has 1 aliphatic carbocycles. The molecule has 5 heteroatoms. The predicted octanol–water partition coefficient (Wildman–Crippen LogP) is 2.55. The van der Waals surface area contributed by atoms with Crippen LogP contribution >= 0.6 is 0 Å². The molecule has 3 aliphatic rings. The molecule has 2 aliphatic heterocycles. The zero-order valence-electron chi connectivity index (χ0n) is 14.0. The first-order chi connectivity index (χ1) is 11.7. The Morgan fingerprint density at radius 2 is 2.00 bits per heavy atom. The van der Waals surface area contributed by atoms with Crippen molar-refractivity contribution in [3.8, 4) is 0 Å². The van der Waals surface area contributed by atoms with E-state index in [0.29, 0.717) is 31.5 Å². The first-order valence-electron chi connectivity index (χ1n) is 9.17. The number of carbonyl (C=O) groups excluding carboxylic acids is 2. The quantitative estimate of drug-likeness (QED) is 0.924. The Labute approximate surface area is 143 Å². The molecule has 0 radical (unpaired) electrons. The lowest BCUT2D eigenvalue weighted by Crippen LogP contribution is -2.48. The summed E-state index contributed by atoms with van der Waals surface area (Å²) in [6.45, 7) is 1.93. The summed E-state index contributed by atoms with van der Waals surface area (Å²) in [4.78, 5) is 28.5. The molecule has 3 amide bonds. The molecule has 1 N–H and O–H groups in total. The second-order valence-electron chi connectivity index (χ2n) is 7.18. The Balaban J connectivity index is 1.31. The third kappa shape index (κ3) is 2.76. The van der Waals surface area contributed by atoms with Gasteiger partial charge in [-0.3, -0.25) is 4.79 Å². The van der Waals surface area contributed by atoms with Crippen LogP contribution in [0.25, 0.3) is 0 Å². The average molecular weight is 327 g/mol. The number of nitrogens with one attached hydrogen (secondary N) is 1. The summed E-state index contributed by atoms with van der Waals surface area (Å²) in [6, 6.07) is 8.38. The van der Waals surface area contributed by atoms with Gasteiger partial charge in [0, 0.05) is 31.4 Å². The van der Waals surface area contributed by atoms with Gasteiger partial charge in [0.1, 0.15) is 0 Å². The second-order valence-corrected chi connectivity index (χ2v) is 7.18. The molecule has 0 aromatic heterocycles. The van der Waals surface area contributed by atoms with E-state index in [1.54, 1.807) is 4.90 Å². The molecule has 1 atom stereocenters. The molecular weight excluding hydrogens is 302 g/mol. The zero-order chi connectivity index (χ0) is 16.5. The molecule has 1 aromatic carbocycles. The van der Waals surface area contributed by atoms with Crippen molar-refractivity contribution >= 4 is 17.6 Å². The van der Waals surface area contributed by atoms with E-state index >= 15 is 0 Å². The van der Waals surface area contributed by atoms with E-state index < -0.39 is 0 Å². The van der Waals surface area contributed by atoms with Crippen molar-refractivity contribution in [1.82, 2.24) is 10.2 Å². The minimum atomic E-state index is 0.0457.